The van der Waals surface area contributed by atoms with Crippen molar-refractivity contribution in [2.45, 2.75) is 65.2 Å². The van der Waals surface area contributed by atoms with Gasteiger partial charge in [-0.2, -0.15) is 21.6 Å². The van der Waals surface area contributed by atoms with Crippen LogP contribution in [0, 0.1) is 5.41 Å². The summed E-state index contributed by atoms with van der Waals surface area (Å²) in [5.41, 5.74) is -0.370. The molecule has 1 aromatic heterocycles. The maximum Gasteiger partial charge on any atom is 0.416 e. The molecular formula is C29H35F3N2O5S. The molecule has 1 heterocycles. The second-order valence-electron chi connectivity index (χ2n) is 10.6. The highest BCUT2D eigenvalue weighted by Gasteiger charge is 2.32. The molecule has 0 spiro atoms. The molecule has 0 aliphatic rings. The van der Waals surface area contributed by atoms with Crippen LogP contribution in [0.1, 0.15) is 57.9 Å². The number of furan rings is 1. The Morgan fingerprint density at radius 1 is 0.950 bits per heavy atom. The van der Waals surface area contributed by atoms with E-state index in [0.29, 0.717) is 36.2 Å². The molecule has 2 aromatic carbocycles. The number of nitrogens with zero attached hydrogens (tertiary/aromatic N) is 2. The minimum atomic E-state index is -4.72. The summed E-state index contributed by atoms with van der Waals surface area (Å²) in [4.78, 5) is 16.2. The van der Waals surface area contributed by atoms with Gasteiger partial charge in [0, 0.05) is 43.4 Å². The summed E-state index contributed by atoms with van der Waals surface area (Å²) in [5.74, 6) is 0.291. The van der Waals surface area contributed by atoms with Gasteiger partial charge in [-0.25, -0.2) is 0 Å². The van der Waals surface area contributed by atoms with Gasteiger partial charge in [-0.3, -0.25) is 4.79 Å². The van der Waals surface area contributed by atoms with E-state index < -0.39 is 26.8 Å². The van der Waals surface area contributed by atoms with E-state index in [0.717, 1.165) is 18.2 Å². The third kappa shape index (κ3) is 8.27. The summed E-state index contributed by atoms with van der Waals surface area (Å²) in [6, 6.07) is 11.8. The number of halogens is 3. The second kappa shape index (κ2) is 12.4. The molecular weight excluding hydrogens is 545 g/mol. The van der Waals surface area contributed by atoms with Crippen molar-refractivity contribution in [2.24, 2.45) is 5.41 Å². The first-order chi connectivity index (χ1) is 18.6. The molecule has 40 heavy (non-hydrogen) atoms. The van der Waals surface area contributed by atoms with Crippen molar-refractivity contribution in [3.05, 3.63) is 77.7 Å². The highest BCUT2D eigenvalue weighted by atomic mass is 32.2. The van der Waals surface area contributed by atoms with Gasteiger partial charge in [0.2, 0.25) is 5.91 Å². The Hall–Kier alpha value is -3.47. The van der Waals surface area contributed by atoms with Gasteiger partial charge in [0.05, 0.1) is 18.4 Å². The van der Waals surface area contributed by atoms with Crippen LogP contribution in [0.15, 0.2) is 70.2 Å². The molecule has 0 atom stereocenters. The van der Waals surface area contributed by atoms with Gasteiger partial charge in [0.15, 0.2) is 0 Å². The Morgan fingerprint density at radius 3 is 2.23 bits per heavy atom. The highest BCUT2D eigenvalue weighted by Crippen LogP contribution is 2.34. The minimum absolute atomic E-state index is 0.0123. The van der Waals surface area contributed by atoms with Crippen molar-refractivity contribution in [3.63, 3.8) is 0 Å². The van der Waals surface area contributed by atoms with Gasteiger partial charge >= 0.3 is 16.3 Å². The average molecular weight is 581 g/mol. The molecule has 11 heteroatoms. The minimum Gasteiger partial charge on any atom is -0.467 e. The van der Waals surface area contributed by atoms with Crippen LogP contribution in [-0.4, -0.2) is 32.3 Å². The van der Waals surface area contributed by atoms with Crippen LogP contribution < -0.4 is 9.08 Å². The lowest BCUT2D eigenvalue weighted by Crippen LogP contribution is -2.33. The smallest absolute Gasteiger partial charge is 0.416 e. The summed E-state index contributed by atoms with van der Waals surface area (Å²) < 4.78 is 77.2. The third-order valence-electron chi connectivity index (χ3n) is 6.15. The first kappa shape index (κ1) is 31.1. The lowest BCUT2D eigenvalue weighted by molar-refractivity contribution is -0.137. The lowest BCUT2D eigenvalue weighted by atomic mass is 9.91. The number of carbonyl (C=O) groups excluding carboxylic acids is 1. The highest BCUT2D eigenvalue weighted by molar-refractivity contribution is 7.87. The van der Waals surface area contributed by atoms with Crippen molar-refractivity contribution in [3.8, 4) is 5.75 Å². The SMILES string of the molecule is CCN(CC)c1ccc(CN(Cc2ccco2)C(=O)CC(C)(C)C)c(OS(=O)(=O)c2cccc(C(F)(F)F)c2)c1. The fourth-order valence-electron chi connectivity index (χ4n) is 4.13. The van der Waals surface area contributed by atoms with Crippen molar-refractivity contribution in [1.29, 1.82) is 0 Å². The monoisotopic (exact) mass is 580 g/mol. The van der Waals surface area contributed by atoms with Gasteiger partial charge in [0.25, 0.3) is 0 Å². The molecule has 0 N–H and O–H groups in total. The molecule has 0 unspecified atom stereocenters. The zero-order valence-corrected chi connectivity index (χ0v) is 24.1. The maximum atomic E-state index is 13.3. The van der Waals surface area contributed by atoms with Gasteiger partial charge in [-0.05, 0) is 55.7 Å². The summed E-state index contributed by atoms with van der Waals surface area (Å²) >= 11 is 0. The number of hydrogen-bond acceptors (Lipinski definition) is 6. The number of rotatable bonds is 11. The molecule has 7 nitrogen and oxygen atoms in total. The van der Waals surface area contributed by atoms with Gasteiger partial charge in [-0.15, -0.1) is 0 Å². The third-order valence-corrected chi connectivity index (χ3v) is 7.38. The fourth-order valence-corrected chi connectivity index (χ4v) is 5.13. The number of benzene rings is 2. The number of carbonyl (C=O) groups is 1. The van der Waals surface area contributed by atoms with Crippen LogP contribution in [0.5, 0.6) is 5.75 Å². The first-order valence-electron chi connectivity index (χ1n) is 12.9. The zero-order valence-electron chi connectivity index (χ0n) is 23.3. The molecule has 3 rings (SSSR count). The first-order valence-corrected chi connectivity index (χ1v) is 14.3. The number of anilines is 1. The molecule has 218 valence electrons. The molecule has 0 fully saturated rings. The van der Waals surface area contributed by atoms with Crippen molar-refractivity contribution < 1.29 is 35.0 Å². The van der Waals surface area contributed by atoms with Gasteiger partial charge in [0.1, 0.15) is 16.4 Å². The molecule has 1 amide bonds. The summed E-state index contributed by atoms with van der Waals surface area (Å²) in [6.45, 7) is 11.1. The molecule has 3 aromatic rings. The predicted octanol–water partition coefficient (Wildman–Crippen LogP) is 6.88. The van der Waals surface area contributed by atoms with E-state index in [2.05, 4.69) is 0 Å². The molecule has 0 aliphatic heterocycles. The second-order valence-corrected chi connectivity index (χ2v) is 12.1. The molecule has 0 aliphatic carbocycles. The molecule has 0 radical (unpaired) electrons. The van der Waals surface area contributed by atoms with Gasteiger partial charge in [-0.1, -0.05) is 32.9 Å². The van der Waals surface area contributed by atoms with Crippen molar-refractivity contribution in [2.75, 3.05) is 18.0 Å². The summed E-state index contributed by atoms with van der Waals surface area (Å²) in [7, 11) is -4.65. The largest absolute Gasteiger partial charge is 0.467 e. The van der Waals surface area contributed by atoms with Crippen molar-refractivity contribution in [1.82, 2.24) is 4.90 Å². The van der Waals surface area contributed by atoms with E-state index in [4.69, 9.17) is 8.60 Å². The number of hydrogen-bond donors (Lipinski definition) is 0. The number of amides is 1. The Morgan fingerprint density at radius 2 is 1.65 bits per heavy atom. The average Bonchev–Trinajstić information content (AvgIpc) is 3.37. The normalized spacial score (nSPS) is 12.3. The Bertz CT molecular complexity index is 1390. The van der Waals surface area contributed by atoms with E-state index in [9.17, 15) is 26.4 Å². The van der Waals surface area contributed by atoms with Crippen LogP contribution in [0.3, 0.4) is 0 Å². The summed E-state index contributed by atoms with van der Waals surface area (Å²) in [5, 5.41) is 0. The fraction of sp³-hybridized carbons (Fsp3) is 0.414. The number of alkyl halides is 3. The Balaban J connectivity index is 2.05. The zero-order chi connectivity index (χ0) is 29.7. The molecule has 0 saturated heterocycles. The van der Waals surface area contributed by atoms with E-state index in [-0.39, 0.29) is 36.6 Å². The van der Waals surface area contributed by atoms with Crippen LogP contribution in [0.4, 0.5) is 18.9 Å². The lowest BCUT2D eigenvalue weighted by Gasteiger charge is -2.28. The van der Waals surface area contributed by atoms with Gasteiger partial charge < -0.3 is 18.4 Å². The molecule has 0 saturated carbocycles. The van der Waals surface area contributed by atoms with Crippen molar-refractivity contribution >= 4 is 21.7 Å². The quantitative estimate of drug-likeness (QED) is 0.230. The van der Waals surface area contributed by atoms with Crippen LogP contribution >= 0.6 is 0 Å². The van der Waals surface area contributed by atoms with E-state index in [1.165, 1.54) is 12.3 Å². The predicted molar refractivity (Wildman–Crippen MR) is 146 cm³/mol. The van der Waals surface area contributed by atoms with E-state index >= 15 is 0 Å². The van der Waals surface area contributed by atoms with E-state index in [1.54, 1.807) is 29.2 Å². The maximum absolute atomic E-state index is 13.3. The van der Waals surface area contributed by atoms with Crippen LogP contribution in [0.2, 0.25) is 0 Å². The standard InChI is InChI=1S/C29H35F3N2O5S/c1-6-33(7-2)23-14-13-21(19-34(20-24-11-9-15-38-24)27(35)18-28(3,4)5)26(17-23)39-40(36,37)25-12-8-10-22(16-25)29(30,31)32/h8-17H,6-7,18-20H2,1-5H3. The Kier molecular flexibility index (Phi) is 9.60. The van der Waals surface area contributed by atoms with Crippen LogP contribution in [0.25, 0.3) is 0 Å². The summed E-state index contributed by atoms with van der Waals surface area (Å²) in [6.07, 6.45) is -3.00. The molecule has 0 bridgehead atoms. The van der Waals surface area contributed by atoms with Crippen LogP contribution in [-0.2, 0) is 34.2 Å². The Labute approximate surface area is 233 Å². The topological polar surface area (TPSA) is 80.1 Å². The van der Waals surface area contributed by atoms with E-state index in [1.807, 2.05) is 39.5 Å².